The highest BCUT2D eigenvalue weighted by atomic mass is 32.1. The van der Waals surface area contributed by atoms with Gasteiger partial charge in [0.2, 0.25) is 0 Å². The van der Waals surface area contributed by atoms with Gasteiger partial charge in [0.1, 0.15) is 5.01 Å². The molecule has 1 heterocycles. The predicted octanol–water partition coefficient (Wildman–Crippen LogP) is 9.98. The summed E-state index contributed by atoms with van der Waals surface area (Å²) in [5.41, 5.74) is 7.00. The third kappa shape index (κ3) is 4.78. The molecule has 0 unspecified atom stereocenters. The molecule has 0 aliphatic carbocycles. The third-order valence-electron chi connectivity index (χ3n) is 6.36. The first kappa shape index (κ1) is 23.2. The number of benzene rings is 5. The van der Waals surface area contributed by atoms with Crippen LogP contribution in [-0.2, 0) is 6.18 Å². The average Bonchev–Trinajstić information content (AvgIpc) is 3.37. The quantitative estimate of drug-likeness (QED) is 0.231. The largest absolute Gasteiger partial charge is 0.416 e. The van der Waals surface area contributed by atoms with Crippen LogP contribution < -0.4 is 0 Å². The number of hydrogen-bond acceptors (Lipinski definition) is 2. The van der Waals surface area contributed by atoms with Crippen LogP contribution in [0.25, 0.3) is 54.2 Å². The molecule has 0 saturated carbocycles. The van der Waals surface area contributed by atoms with Crippen LogP contribution in [0.2, 0.25) is 0 Å². The van der Waals surface area contributed by atoms with Crippen molar-refractivity contribution in [2.24, 2.45) is 0 Å². The zero-order valence-electron chi connectivity index (χ0n) is 19.5. The third-order valence-corrected chi connectivity index (χ3v) is 7.45. The zero-order chi connectivity index (χ0) is 25.4. The van der Waals surface area contributed by atoms with Gasteiger partial charge in [0, 0.05) is 5.56 Å². The number of rotatable bonds is 4. The molecule has 0 saturated heterocycles. The maximum Gasteiger partial charge on any atom is 0.416 e. The molecule has 0 bridgehead atoms. The van der Waals surface area contributed by atoms with Crippen LogP contribution in [0.1, 0.15) is 5.56 Å². The van der Waals surface area contributed by atoms with Gasteiger partial charge >= 0.3 is 6.18 Å². The van der Waals surface area contributed by atoms with E-state index < -0.39 is 11.7 Å². The fourth-order valence-electron chi connectivity index (χ4n) is 4.41. The Labute approximate surface area is 216 Å². The summed E-state index contributed by atoms with van der Waals surface area (Å²) in [6.07, 6.45) is -4.36. The minimum atomic E-state index is -4.36. The number of hydrogen-bond donors (Lipinski definition) is 0. The Bertz CT molecular complexity index is 1660. The minimum Gasteiger partial charge on any atom is -0.236 e. The molecule has 0 spiro atoms. The average molecular weight is 508 g/mol. The smallest absolute Gasteiger partial charge is 0.236 e. The normalized spacial score (nSPS) is 11.6. The maximum absolute atomic E-state index is 13.1. The molecule has 1 aromatic heterocycles. The first-order valence-corrected chi connectivity index (χ1v) is 12.6. The number of alkyl halides is 3. The predicted molar refractivity (Wildman–Crippen MR) is 146 cm³/mol. The van der Waals surface area contributed by atoms with E-state index in [-0.39, 0.29) is 0 Å². The van der Waals surface area contributed by atoms with E-state index >= 15 is 0 Å². The molecular weight excluding hydrogens is 487 g/mol. The summed E-state index contributed by atoms with van der Waals surface area (Å²) in [5.74, 6) is 0. The van der Waals surface area contributed by atoms with Gasteiger partial charge in [-0.3, -0.25) is 0 Å². The highest BCUT2D eigenvalue weighted by Gasteiger charge is 2.30. The van der Waals surface area contributed by atoms with Crippen LogP contribution in [0.15, 0.2) is 121 Å². The monoisotopic (exact) mass is 507 g/mol. The van der Waals surface area contributed by atoms with E-state index in [0.29, 0.717) is 5.56 Å². The van der Waals surface area contributed by atoms with Gasteiger partial charge in [-0.2, -0.15) is 13.2 Å². The zero-order valence-corrected chi connectivity index (χ0v) is 20.4. The lowest BCUT2D eigenvalue weighted by Crippen LogP contribution is -2.04. The maximum atomic E-state index is 13.1. The van der Waals surface area contributed by atoms with Crippen molar-refractivity contribution < 1.29 is 13.2 Å². The van der Waals surface area contributed by atoms with Gasteiger partial charge in [-0.1, -0.05) is 91.0 Å². The second kappa shape index (κ2) is 9.34. The Balaban J connectivity index is 1.25. The van der Waals surface area contributed by atoms with Crippen molar-refractivity contribution in [3.63, 3.8) is 0 Å². The fraction of sp³-hybridized carbons (Fsp3) is 0.0312. The van der Waals surface area contributed by atoms with Gasteiger partial charge in [0.05, 0.1) is 15.8 Å². The topological polar surface area (TPSA) is 12.9 Å². The van der Waals surface area contributed by atoms with E-state index in [1.807, 2.05) is 54.6 Å². The first-order valence-electron chi connectivity index (χ1n) is 11.8. The molecule has 5 heteroatoms. The highest BCUT2D eigenvalue weighted by Crippen LogP contribution is 2.34. The van der Waals surface area contributed by atoms with Gasteiger partial charge in [-0.15, -0.1) is 11.3 Å². The van der Waals surface area contributed by atoms with E-state index in [0.717, 1.165) is 50.0 Å². The van der Waals surface area contributed by atoms with Crippen molar-refractivity contribution in [1.82, 2.24) is 4.98 Å². The molecule has 0 N–H and O–H groups in total. The van der Waals surface area contributed by atoms with Crippen molar-refractivity contribution in [3.8, 4) is 44.0 Å². The number of fused-ring (bicyclic) bond motifs is 1. The molecular formula is C32H20F3NS. The Morgan fingerprint density at radius 1 is 0.486 bits per heavy atom. The molecule has 0 aliphatic rings. The van der Waals surface area contributed by atoms with Gasteiger partial charge < -0.3 is 0 Å². The molecule has 6 aromatic rings. The molecule has 0 aliphatic heterocycles. The number of halogens is 3. The summed E-state index contributed by atoms with van der Waals surface area (Å²) in [4.78, 5) is 4.75. The molecule has 0 radical (unpaired) electrons. The van der Waals surface area contributed by atoms with Crippen molar-refractivity contribution in [3.05, 3.63) is 127 Å². The van der Waals surface area contributed by atoms with Crippen molar-refractivity contribution in [1.29, 1.82) is 0 Å². The molecule has 180 valence electrons. The standard InChI is InChI=1S/C32H20F3NS/c33-32(34,35)28-8-4-7-27(20-28)23-13-11-21(12-14-23)25-5-3-6-26(19-25)22-15-17-24(18-16-22)31-36-29-9-1-2-10-30(29)37-31/h1-20H. The Morgan fingerprint density at radius 3 is 1.57 bits per heavy atom. The molecule has 6 rings (SSSR count). The summed E-state index contributed by atoms with van der Waals surface area (Å²) in [6, 6.07) is 37.9. The summed E-state index contributed by atoms with van der Waals surface area (Å²) >= 11 is 1.69. The van der Waals surface area contributed by atoms with Crippen LogP contribution in [0, 0.1) is 0 Å². The van der Waals surface area contributed by atoms with Gasteiger partial charge in [-0.05, 0) is 63.7 Å². The number of para-hydroxylation sites is 1. The van der Waals surface area contributed by atoms with Crippen LogP contribution in [0.5, 0.6) is 0 Å². The number of nitrogens with zero attached hydrogens (tertiary/aromatic N) is 1. The van der Waals surface area contributed by atoms with Crippen LogP contribution in [0.4, 0.5) is 13.2 Å². The second-order valence-corrected chi connectivity index (χ2v) is 9.83. The minimum absolute atomic E-state index is 0.545. The van der Waals surface area contributed by atoms with E-state index in [2.05, 4.69) is 42.5 Å². The lowest BCUT2D eigenvalue weighted by atomic mass is 9.96. The van der Waals surface area contributed by atoms with Gasteiger partial charge in [-0.25, -0.2) is 4.98 Å². The van der Waals surface area contributed by atoms with Crippen molar-refractivity contribution in [2.45, 2.75) is 6.18 Å². The molecule has 5 aromatic carbocycles. The Kier molecular flexibility index (Phi) is 5.85. The van der Waals surface area contributed by atoms with Crippen LogP contribution >= 0.6 is 11.3 Å². The summed E-state index contributed by atoms with van der Waals surface area (Å²) in [7, 11) is 0. The lowest BCUT2D eigenvalue weighted by Gasteiger charge is -2.10. The van der Waals surface area contributed by atoms with Crippen molar-refractivity contribution in [2.75, 3.05) is 0 Å². The van der Waals surface area contributed by atoms with E-state index in [4.69, 9.17) is 4.98 Å². The Morgan fingerprint density at radius 2 is 1.00 bits per heavy atom. The van der Waals surface area contributed by atoms with Crippen molar-refractivity contribution >= 4 is 21.6 Å². The molecule has 1 nitrogen and oxygen atoms in total. The first-order chi connectivity index (χ1) is 17.9. The SMILES string of the molecule is FC(F)(F)c1cccc(-c2ccc(-c3cccc(-c4ccc(-c5nc6ccccc6s5)cc4)c3)cc2)c1. The summed E-state index contributed by atoms with van der Waals surface area (Å²) in [6.45, 7) is 0. The summed E-state index contributed by atoms with van der Waals surface area (Å²) < 4.78 is 40.5. The van der Waals surface area contributed by atoms with Gasteiger partial charge in [0.25, 0.3) is 0 Å². The van der Waals surface area contributed by atoms with Crippen LogP contribution in [-0.4, -0.2) is 4.98 Å². The molecule has 0 atom stereocenters. The highest BCUT2D eigenvalue weighted by molar-refractivity contribution is 7.21. The van der Waals surface area contributed by atoms with Crippen LogP contribution in [0.3, 0.4) is 0 Å². The fourth-order valence-corrected chi connectivity index (χ4v) is 5.38. The van der Waals surface area contributed by atoms with E-state index in [1.54, 1.807) is 17.4 Å². The second-order valence-electron chi connectivity index (χ2n) is 8.80. The number of aromatic nitrogens is 1. The van der Waals surface area contributed by atoms with E-state index in [1.165, 1.54) is 16.8 Å². The number of thiazole rings is 1. The molecule has 0 fully saturated rings. The summed E-state index contributed by atoms with van der Waals surface area (Å²) in [5, 5.41) is 1.00. The molecule has 0 amide bonds. The molecule has 37 heavy (non-hydrogen) atoms. The lowest BCUT2D eigenvalue weighted by molar-refractivity contribution is -0.137. The van der Waals surface area contributed by atoms with E-state index in [9.17, 15) is 13.2 Å². The van der Waals surface area contributed by atoms with Gasteiger partial charge in [0.15, 0.2) is 0 Å². The Hall–Kier alpha value is -4.22.